The summed E-state index contributed by atoms with van der Waals surface area (Å²) in [4.78, 5) is 0. The van der Waals surface area contributed by atoms with E-state index in [1.807, 2.05) is 0 Å². The minimum Gasteiger partial charge on any atom is -0.328 e. The van der Waals surface area contributed by atoms with Gasteiger partial charge in [-0.15, -0.1) is 0 Å². The van der Waals surface area contributed by atoms with Gasteiger partial charge in [0.15, 0.2) is 0 Å². The Morgan fingerprint density at radius 1 is 1.18 bits per heavy atom. The summed E-state index contributed by atoms with van der Waals surface area (Å²) in [7, 11) is 0. The summed E-state index contributed by atoms with van der Waals surface area (Å²) in [5.74, 6) is 0.853. The molecule has 2 atom stereocenters. The van der Waals surface area contributed by atoms with Crippen molar-refractivity contribution in [1.82, 2.24) is 0 Å². The van der Waals surface area contributed by atoms with E-state index >= 15 is 0 Å². The lowest BCUT2D eigenvalue weighted by Crippen LogP contribution is -2.33. The summed E-state index contributed by atoms with van der Waals surface area (Å²) >= 11 is 0. The van der Waals surface area contributed by atoms with Gasteiger partial charge >= 0.3 is 0 Å². The minimum atomic E-state index is 0.470. The van der Waals surface area contributed by atoms with Gasteiger partial charge in [-0.3, -0.25) is 0 Å². The van der Waals surface area contributed by atoms with E-state index in [-0.39, 0.29) is 0 Å². The van der Waals surface area contributed by atoms with Crippen LogP contribution < -0.4 is 5.73 Å². The van der Waals surface area contributed by atoms with E-state index < -0.39 is 0 Å². The Hall–Kier alpha value is -0.0400. The summed E-state index contributed by atoms with van der Waals surface area (Å²) in [6, 6.07) is 0.480. The summed E-state index contributed by atoms with van der Waals surface area (Å²) in [5.41, 5.74) is 6.39. The Labute approximate surface area is 70.4 Å². The van der Waals surface area contributed by atoms with Crippen molar-refractivity contribution in [2.45, 2.75) is 52.5 Å². The Balaban J connectivity index is 2.46. The van der Waals surface area contributed by atoms with Crippen molar-refractivity contribution in [3.05, 3.63) is 0 Å². The van der Waals surface area contributed by atoms with Crippen LogP contribution in [0.4, 0.5) is 0 Å². The fourth-order valence-corrected chi connectivity index (χ4v) is 2.01. The second kappa shape index (κ2) is 3.14. The lowest BCUT2D eigenvalue weighted by Gasteiger charge is -2.36. The Bertz CT molecular complexity index is 123. The molecule has 0 spiro atoms. The van der Waals surface area contributed by atoms with Gasteiger partial charge < -0.3 is 5.73 Å². The summed E-state index contributed by atoms with van der Waals surface area (Å²) in [6.07, 6.45) is 5.20. The quantitative estimate of drug-likeness (QED) is 0.571. The largest absolute Gasteiger partial charge is 0.328 e. The van der Waals surface area contributed by atoms with Crippen LogP contribution in [0.3, 0.4) is 0 Å². The van der Waals surface area contributed by atoms with Crippen LogP contribution in [-0.4, -0.2) is 6.04 Å². The molecule has 66 valence electrons. The standard InChI is InChI=1S/C10H21N/c1-10(2,3)8-5-4-6-9(11)7-8/h8-9H,4-7,11H2,1-3H3/t8-,9+/m1/s1. The molecular weight excluding hydrogens is 134 g/mol. The van der Waals surface area contributed by atoms with Crippen LogP contribution in [0.15, 0.2) is 0 Å². The van der Waals surface area contributed by atoms with E-state index in [0.29, 0.717) is 11.5 Å². The molecule has 0 aromatic rings. The van der Waals surface area contributed by atoms with E-state index in [4.69, 9.17) is 5.73 Å². The van der Waals surface area contributed by atoms with Crippen molar-refractivity contribution in [1.29, 1.82) is 0 Å². The van der Waals surface area contributed by atoms with Crippen molar-refractivity contribution < 1.29 is 0 Å². The molecule has 11 heavy (non-hydrogen) atoms. The van der Waals surface area contributed by atoms with E-state index in [1.165, 1.54) is 25.7 Å². The summed E-state index contributed by atoms with van der Waals surface area (Å²) in [5, 5.41) is 0. The van der Waals surface area contributed by atoms with Crippen LogP contribution in [0.1, 0.15) is 46.5 Å². The highest BCUT2D eigenvalue weighted by atomic mass is 14.6. The molecule has 0 aromatic heterocycles. The summed E-state index contributed by atoms with van der Waals surface area (Å²) < 4.78 is 0. The molecule has 1 nitrogen and oxygen atoms in total. The predicted molar refractivity (Wildman–Crippen MR) is 49.4 cm³/mol. The zero-order valence-electron chi connectivity index (χ0n) is 8.06. The number of hydrogen-bond donors (Lipinski definition) is 1. The molecule has 0 saturated heterocycles. The average molecular weight is 155 g/mol. The average Bonchev–Trinajstić information content (AvgIpc) is 1.86. The minimum absolute atomic E-state index is 0.470. The van der Waals surface area contributed by atoms with Gasteiger partial charge in [0.05, 0.1) is 0 Å². The van der Waals surface area contributed by atoms with Crippen LogP contribution in [0.25, 0.3) is 0 Å². The molecule has 2 N–H and O–H groups in total. The predicted octanol–water partition coefficient (Wildman–Crippen LogP) is 2.55. The van der Waals surface area contributed by atoms with E-state index in [1.54, 1.807) is 0 Å². The van der Waals surface area contributed by atoms with Gasteiger partial charge in [0.1, 0.15) is 0 Å². The van der Waals surface area contributed by atoms with Gasteiger partial charge in [-0.05, 0) is 30.6 Å². The Morgan fingerprint density at radius 3 is 2.18 bits per heavy atom. The van der Waals surface area contributed by atoms with Crippen molar-refractivity contribution in [2.24, 2.45) is 17.1 Å². The molecule has 1 heteroatoms. The van der Waals surface area contributed by atoms with Crippen LogP contribution >= 0.6 is 0 Å². The third-order valence-corrected chi connectivity index (χ3v) is 2.94. The van der Waals surface area contributed by atoms with Gasteiger partial charge in [0, 0.05) is 6.04 Å². The Kier molecular flexibility index (Phi) is 2.58. The molecule has 0 radical (unpaired) electrons. The highest BCUT2D eigenvalue weighted by Crippen LogP contribution is 2.36. The molecule has 0 aliphatic heterocycles. The number of rotatable bonds is 0. The molecular formula is C10H21N. The molecule has 0 unspecified atom stereocenters. The van der Waals surface area contributed by atoms with E-state index in [0.717, 1.165) is 5.92 Å². The molecule has 0 heterocycles. The van der Waals surface area contributed by atoms with Crippen LogP contribution in [0, 0.1) is 11.3 Å². The monoisotopic (exact) mass is 155 g/mol. The fraction of sp³-hybridized carbons (Fsp3) is 1.00. The maximum absolute atomic E-state index is 5.92. The van der Waals surface area contributed by atoms with Crippen molar-refractivity contribution in [2.75, 3.05) is 0 Å². The SMILES string of the molecule is CC(C)(C)[C@@H]1CCC[C@H](N)C1. The molecule has 1 aliphatic carbocycles. The van der Waals surface area contributed by atoms with Gasteiger partial charge in [-0.1, -0.05) is 27.2 Å². The number of nitrogens with two attached hydrogens (primary N) is 1. The van der Waals surface area contributed by atoms with E-state index in [9.17, 15) is 0 Å². The first-order valence-electron chi connectivity index (χ1n) is 4.76. The Morgan fingerprint density at radius 2 is 1.82 bits per heavy atom. The third kappa shape index (κ3) is 2.48. The topological polar surface area (TPSA) is 26.0 Å². The third-order valence-electron chi connectivity index (χ3n) is 2.94. The molecule has 1 rings (SSSR count). The lowest BCUT2D eigenvalue weighted by molar-refractivity contribution is 0.166. The lowest BCUT2D eigenvalue weighted by atomic mass is 9.71. The van der Waals surface area contributed by atoms with Crippen LogP contribution in [0.2, 0.25) is 0 Å². The zero-order chi connectivity index (χ0) is 8.48. The highest BCUT2D eigenvalue weighted by molar-refractivity contribution is 4.82. The fourth-order valence-electron chi connectivity index (χ4n) is 2.01. The normalized spacial score (nSPS) is 33.8. The maximum Gasteiger partial charge on any atom is 0.00416 e. The first-order chi connectivity index (χ1) is 5.00. The van der Waals surface area contributed by atoms with E-state index in [2.05, 4.69) is 20.8 Å². The smallest absolute Gasteiger partial charge is 0.00416 e. The number of hydrogen-bond acceptors (Lipinski definition) is 1. The van der Waals surface area contributed by atoms with Gasteiger partial charge in [-0.25, -0.2) is 0 Å². The second-order valence-corrected chi connectivity index (χ2v) is 4.99. The molecule has 0 bridgehead atoms. The molecule has 1 aliphatic rings. The maximum atomic E-state index is 5.92. The molecule has 1 saturated carbocycles. The highest BCUT2D eigenvalue weighted by Gasteiger charge is 2.28. The van der Waals surface area contributed by atoms with Crippen LogP contribution in [0.5, 0.6) is 0 Å². The van der Waals surface area contributed by atoms with Gasteiger partial charge in [0.25, 0.3) is 0 Å². The van der Waals surface area contributed by atoms with Crippen molar-refractivity contribution >= 4 is 0 Å². The van der Waals surface area contributed by atoms with Gasteiger partial charge in [0.2, 0.25) is 0 Å². The second-order valence-electron chi connectivity index (χ2n) is 4.99. The summed E-state index contributed by atoms with van der Waals surface area (Å²) in [6.45, 7) is 6.99. The first-order valence-corrected chi connectivity index (χ1v) is 4.76. The molecule has 0 aromatic carbocycles. The molecule has 0 amide bonds. The van der Waals surface area contributed by atoms with Crippen molar-refractivity contribution in [3.63, 3.8) is 0 Å². The first kappa shape index (κ1) is 9.05. The van der Waals surface area contributed by atoms with Gasteiger partial charge in [-0.2, -0.15) is 0 Å². The zero-order valence-corrected chi connectivity index (χ0v) is 8.06. The van der Waals surface area contributed by atoms with Crippen LogP contribution in [-0.2, 0) is 0 Å². The molecule has 1 fully saturated rings. The van der Waals surface area contributed by atoms with Crippen molar-refractivity contribution in [3.8, 4) is 0 Å².